The number of furan rings is 1. The summed E-state index contributed by atoms with van der Waals surface area (Å²) < 4.78 is 20.1. The molecule has 0 amide bonds. The van der Waals surface area contributed by atoms with Gasteiger partial charge in [0.2, 0.25) is 0 Å². The second kappa shape index (κ2) is 10.3. The SMILES string of the molecule is CC(C)(C)c1cc2c3c(c1)Oc1cc4c(cc1B3c1ccccc1O2)oc1c2ccc(N(c3ccccc3)c3ccccc3)cc2ccc41. The van der Waals surface area contributed by atoms with Crippen molar-refractivity contribution in [1.29, 1.82) is 0 Å². The minimum Gasteiger partial charge on any atom is -0.458 e. The van der Waals surface area contributed by atoms with E-state index in [9.17, 15) is 0 Å². The van der Waals surface area contributed by atoms with Crippen molar-refractivity contribution < 1.29 is 13.9 Å². The number of nitrogens with zero attached hydrogens (tertiary/aromatic N) is 1. The summed E-state index contributed by atoms with van der Waals surface area (Å²) in [7, 11) is 0. The van der Waals surface area contributed by atoms with Gasteiger partial charge < -0.3 is 18.8 Å². The third-order valence-corrected chi connectivity index (χ3v) is 10.1. The van der Waals surface area contributed by atoms with Gasteiger partial charge in [0.05, 0.1) is 0 Å². The molecule has 2 aliphatic heterocycles. The highest BCUT2D eigenvalue weighted by Gasteiger charge is 2.41. The smallest absolute Gasteiger partial charge is 0.260 e. The van der Waals surface area contributed by atoms with Gasteiger partial charge in [0.1, 0.15) is 34.2 Å². The van der Waals surface area contributed by atoms with Gasteiger partial charge in [0.25, 0.3) is 6.71 Å². The Kier molecular flexibility index (Phi) is 5.90. The van der Waals surface area contributed by atoms with Crippen molar-refractivity contribution in [2.45, 2.75) is 26.2 Å². The van der Waals surface area contributed by atoms with Gasteiger partial charge in [-0.15, -0.1) is 0 Å². The van der Waals surface area contributed by atoms with Crippen molar-refractivity contribution in [2.24, 2.45) is 0 Å². The molecule has 0 saturated carbocycles. The summed E-state index contributed by atoms with van der Waals surface area (Å²) in [6, 6.07) is 49.1. The van der Waals surface area contributed by atoms with E-state index in [1.807, 2.05) is 6.07 Å². The highest BCUT2D eigenvalue weighted by molar-refractivity contribution is 6.98. The molecule has 10 rings (SSSR count). The van der Waals surface area contributed by atoms with Crippen molar-refractivity contribution in [3.05, 3.63) is 145 Å². The highest BCUT2D eigenvalue weighted by Crippen LogP contribution is 2.43. The van der Waals surface area contributed by atoms with Crippen LogP contribution in [0.15, 0.2) is 144 Å². The fraction of sp³-hybridized carbons (Fsp3) is 0.0909. The third kappa shape index (κ3) is 4.32. The molecule has 234 valence electrons. The maximum absolute atomic E-state index is 6.79. The van der Waals surface area contributed by atoms with E-state index in [2.05, 4.69) is 159 Å². The van der Waals surface area contributed by atoms with E-state index in [4.69, 9.17) is 13.9 Å². The average molecular weight is 634 g/mol. The van der Waals surface area contributed by atoms with Crippen LogP contribution in [-0.2, 0) is 5.41 Å². The zero-order chi connectivity index (χ0) is 32.9. The lowest BCUT2D eigenvalue weighted by Gasteiger charge is -2.34. The van der Waals surface area contributed by atoms with Crippen LogP contribution in [0.5, 0.6) is 23.0 Å². The van der Waals surface area contributed by atoms with Crippen molar-refractivity contribution in [2.75, 3.05) is 4.90 Å². The van der Waals surface area contributed by atoms with Gasteiger partial charge in [-0.3, -0.25) is 0 Å². The minimum absolute atomic E-state index is 0.0217. The zero-order valence-corrected chi connectivity index (χ0v) is 27.5. The van der Waals surface area contributed by atoms with Crippen molar-refractivity contribution in [1.82, 2.24) is 0 Å². The van der Waals surface area contributed by atoms with Crippen LogP contribution in [0, 0.1) is 0 Å². The first-order valence-corrected chi connectivity index (χ1v) is 16.9. The highest BCUT2D eigenvalue weighted by atomic mass is 16.5. The maximum atomic E-state index is 6.79. The summed E-state index contributed by atoms with van der Waals surface area (Å²) in [6.07, 6.45) is 0. The Bertz CT molecular complexity index is 2560. The molecule has 0 atom stereocenters. The second-order valence-corrected chi connectivity index (χ2v) is 14.2. The number of para-hydroxylation sites is 3. The number of hydrogen-bond acceptors (Lipinski definition) is 4. The molecule has 0 spiro atoms. The third-order valence-electron chi connectivity index (χ3n) is 10.1. The molecule has 0 fully saturated rings. The molecule has 0 N–H and O–H groups in total. The fourth-order valence-electron chi connectivity index (χ4n) is 7.66. The Morgan fingerprint density at radius 1 is 0.510 bits per heavy atom. The molecule has 0 unspecified atom stereocenters. The molecule has 5 heteroatoms. The van der Waals surface area contributed by atoms with Gasteiger partial charge in [-0.2, -0.15) is 0 Å². The molecule has 2 aliphatic rings. The van der Waals surface area contributed by atoms with Gasteiger partial charge in [0, 0.05) is 38.7 Å². The van der Waals surface area contributed by atoms with E-state index in [0.717, 1.165) is 89.2 Å². The molecule has 0 aliphatic carbocycles. The van der Waals surface area contributed by atoms with Crippen LogP contribution in [0.3, 0.4) is 0 Å². The monoisotopic (exact) mass is 633 g/mol. The number of rotatable bonds is 3. The molecule has 7 aromatic carbocycles. The summed E-state index contributed by atoms with van der Waals surface area (Å²) in [5.41, 5.74) is 9.47. The van der Waals surface area contributed by atoms with Crippen LogP contribution < -0.4 is 30.8 Å². The van der Waals surface area contributed by atoms with E-state index in [1.165, 1.54) is 5.56 Å². The molecular weight excluding hydrogens is 601 g/mol. The largest absolute Gasteiger partial charge is 0.458 e. The van der Waals surface area contributed by atoms with Gasteiger partial charge in [-0.05, 0) is 106 Å². The number of fused-ring (bicyclic) bond motifs is 9. The molecule has 0 bridgehead atoms. The van der Waals surface area contributed by atoms with Gasteiger partial charge >= 0.3 is 0 Å². The predicted octanol–water partition coefficient (Wildman–Crippen LogP) is 10.2. The first-order chi connectivity index (χ1) is 23.9. The average Bonchev–Trinajstić information content (AvgIpc) is 3.49. The Morgan fingerprint density at radius 3 is 1.88 bits per heavy atom. The van der Waals surface area contributed by atoms with E-state index in [0.29, 0.717) is 0 Å². The number of benzene rings is 7. The summed E-state index contributed by atoms with van der Waals surface area (Å²) in [4.78, 5) is 2.29. The van der Waals surface area contributed by atoms with Crippen LogP contribution in [0.25, 0.3) is 32.7 Å². The van der Waals surface area contributed by atoms with Crippen molar-refractivity contribution in [3.8, 4) is 23.0 Å². The van der Waals surface area contributed by atoms with E-state index >= 15 is 0 Å². The van der Waals surface area contributed by atoms with E-state index < -0.39 is 0 Å². The van der Waals surface area contributed by atoms with Crippen LogP contribution in [0.1, 0.15) is 26.3 Å². The molecule has 49 heavy (non-hydrogen) atoms. The number of hydrogen-bond donors (Lipinski definition) is 0. The summed E-state index contributed by atoms with van der Waals surface area (Å²) >= 11 is 0. The summed E-state index contributed by atoms with van der Waals surface area (Å²) in [5, 5.41) is 4.32. The topological polar surface area (TPSA) is 34.8 Å². The molecule has 1 aromatic heterocycles. The molecular formula is C44H32BNO3. The first kappa shape index (κ1) is 28.1. The summed E-state index contributed by atoms with van der Waals surface area (Å²) in [6.45, 7) is 6.65. The number of anilines is 3. The predicted molar refractivity (Wildman–Crippen MR) is 202 cm³/mol. The quantitative estimate of drug-likeness (QED) is 0.181. The molecule has 0 radical (unpaired) electrons. The van der Waals surface area contributed by atoms with Gasteiger partial charge in [-0.1, -0.05) is 81.4 Å². The lowest BCUT2D eigenvalue weighted by Crippen LogP contribution is -2.57. The van der Waals surface area contributed by atoms with Gasteiger partial charge in [-0.25, -0.2) is 0 Å². The van der Waals surface area contributed by atoms with Crippen LogP contribution in [0.2, 0.25) is 0 Å². The molecule has 0 saturated heterocycles. The Balaban J connectivity index is 1.14. The Morgan fingerprint density at radius 2 is 1.16 bits per heavy atom. The fourth-order valence-corrected chi connectivity index (χ4v) is 7.66. The lowest BCUT2D eigenvalue weighted by molar-refractivity contribution is 0.458. The van der Waals surface area contributed by atoms with E-state index in [-0.39, 0.29) is 12.1 Å². The van der Waals surface area contributed by atoms with Crippen LogP contribution in [0.4, 0.5) is 17.1 Å². The van der Waals surface area contributed by atoms with Crippen LogP contribution in [-0.4, -0.2) is 6.71 Å². The normalized spacial score (nSPS) is 13.1. The minimum atomic E-state index is -0.0597. The standard InChI is InChI=1S/C44H32BNO3/c1-44(2,3)28-23-40-42-41(24-28)48-39-25-34-33-20-18-27-22-31(46(29-12-6-4-7-13-29)30-14-8-5-9-15-30)19-21-32(27)43(33)49-38(34)26-36(39)45(42)35-16-10-11-17-37(35)47-40/h4-26H,1-3H3. The summed E-state index contributed by atoms with van der Waals surface area (Å²) in [5.74, 6) is 3.47. The zero-order valence-electron chi connectivity index (χ0n) is 27.5. The van der Waals surface area contributed by atoms with Crippen molar-refractivity contribution >= 4 is 72.9 Å². The Hall–Kier alpha value is -5.94. The second-order valence-electron chi connectivity index (χ2n) is 14.2. The van der Waals surface area contributed by atoms with Crippen molar-refractivity contribution in [3.63, 3.8) is 0 Å². The molecule has 3 heterocycles. The Labute approximate surface area is 285 Å². The van der Waals surface area contributed by atoms with Crippen LogP contribution >= 0.6 is 0 Å². The lowest BCUT2D eigenvalue weighted by atomic mass is 9.34. The number of ether oxygens (including phenoxy) is 2. The molecule has 8 aromatic rings. The first-order valence-electron chi connectivity index (χ1n) is 16.9. The molecule has 4 nitrogen and oxygen atoms in total. The van der Waals surface area contributed by atoms with Gasteiger partial charge in [0.15, 0.2) is 0 Å². The van der Waals surface area contributed by atoms with E-state index in [1.54, 1.807) is 0 Å². The maximum Gasteiger partial charge on any atom is 0.260 e.